The first-order valence-electron chi connectivity index (χ1n) is 16.1. The molecule has 2 rings (SSSR count). The summed E-state index contributed by atoms with van der Waals surface area (Å²) in [5, 5.41) is 0. The lowest BCUT2D eigenvalue weighted by atomic mass is 10.1. The van der Waals surface area contributed by atoms with Gasteiger partial charge >= 0.3 is 0 Å². The Hall–Kier alpha value is -2.00. The van der Waals surface area contributed by atoms with Gasteiger partial charge < -0.3 is 0 Å². The van der Waals surface area contributed by atoms with Crippen LogP contribution in [0.25, 0.3) is 5.57 Å². The Kier molecular flexibility index (Phi) is 43.1. The number of hydrogen-bond acceptors (Lipinski definition) is 0. The van der Waals surface area contributed by atoms with E-state index in [0.717, 1.165) is 31.1 Å². The molecule has 0 heterocycles. The zero-order valence-corrected chi connectivity index (χ0v) is 28.9. The van der Waals surface area contributed by atoms with Gasteiger partial charge in [0, 0.05) is 6.42 Å². The van der Waals surface area contributed by atoms with Gasteiger partial charge in [0.1, 0.15) is 0 Å². The molecule has 0 aromatic heterocycles. The van der Waals surface area contributed by atoms with Gasteiger partial charge in [-0.15, -0.1) is 11.8 Å². The van der Waals surface area contributed by atoms with Crippen LogP contribution in [0.5, 0.6) is 0 Å². The highest BCUT2D eigenvalue weighted by Crippen LogP contribution is 2.39. The second kappa shape index (κ2) is 38.1. The van der Waals surface area contributed by atoms with E-state index in [9.17, 15) is 0 Å². The van der Waals surface area contributed by atoms with Crippen molar-refractivity contribution in [1.29, 1.82) is 0 Å². The molecule has 2 unspecified atom stereocenters. The van der Waals surface area contributed by atoms with Gasteiger partial charge in [-0.1, -0.05) is 148 Å². The fourth-order valence-corrected chi connectivity index (χ4v) is 3.21. The highest BCUT2D eigenvalue weighted by atomic mass is 14.3. The third-order valence-corrected chi connectivity index (χ3v) is 6.37. The summed E-state index contributed by atoms with van der Waals surface area (Å²) in [6.07, 6.45) is 21.5. The third kappa shape index (κ3) is 40.6. The van der Waals surface area contributed by atoms with Crippen LogP contribution in [0, 0.1) is 23.7 Å². The molecule has 1 aromatic rings. The zero-order valence-electron chi connectivity index (χ0n) is 28.9. The molecule has 39 heavy (non-hydrogen) atoms. The van der Waals surface area contributed by atoms with Gasteiger partial charge in [0.05, 0.1) is 0 Å². The molecule has 0 radical (unpaired) electrons. The molecular weight excluding hydrogens is 468 g/mol. The quantitative estimate of drug-likeness (QED) is 0.175. The summed E-state index contributed by atoms with van der Waals surface area (Å²) in [6, 6.07) is 10.5. The lowest BCUT2D eigenvalue weighted by molar-refractivity contribution is 0.702. The summed E-state index contributed by atoms with van der Waals surface area (Å²) in [6.45, 7) is 27.8. The SMILES string of the molecule is C/C=C(\C)CC.C/C=C/CC.CC#CCC.CC/C=C(/C)c1ccccc1.CCC1CC1C.CCCCCC. The summed E-state index contributed by atoms with van der Waals surface area (Å²) in [5.74, 6) is 7.80. The van der Waals surface area contributed by atoms with Crippen LogP contribution in [0.4, 0.5) is 0 Å². The second-order valence-electron chi connectivity index (χ2n) is 10.00. The van der Waals surface area contributed by atoms with Crippen LogP contribution in [0.2, 0.25) is 0 Å². The van der Waals surface area contributed by atoms with Crippen molar-refractivity contribution in [2.24, 2.45) is 11.8 Å². The van der Waals surface area contributed by atoms with E-state index < -0.39 is 0 Å². The van der Waals surface area contributed by atoms with Crippen LogP contribution in [0.1, 0.15) is 160 Å². The molecule has 1 aliphatic rings. The van der Waals surface area contributed by atoms with E-state index in [1.807, 2.05) is 26.8 Å². The lowest BCUT2D eigenvalue weighted by Gasteiger charge is -1.98. The summed E-state index contributed by atoms with van der Waals surface area (Å²) < 4.78 is 0. The lowest BCUT2D eigenvalue weighted by Crippen LogP contribution is -1.76. The van der Waals surface area contributed by atoms with Crippen molar-refractivity contribution in [3.8, 4) is 11.8 Å². The first-order chi connectivity index (χ1) is 18.7. The molecule has 0 saturated heterocycles. The Bertz CT molecular complexity index is 714. The monoisotopic (exact) mass is 539 g/mol. The maximum atomic E-state index is 2.86. The highest BCUT2D eigenvalue weighted by molar-refractivity contribution is 5.63. The average molecular weight is 539 g/mol. The maximum Gasteiger partial charge on any atom is 0.00601 e. The molecule has 0 nitrogen and oxygen atoms in total. The van der Waals surface area contributed by atoms with Crippen molar-refractivity contribution >= 4 is 5.57 Å². The van der Waals surface area contributed by atoms with Gasteiger partial charge in [0.15, 0.2) is 0 Å². The molecular formula is C39H70. The molecule has 0 bridgehead atoms. The van der Waals surface area contributed by atoms with Gasteiger partial charge in [0.25, 0.3) is 0 Å². The predicted octanol–water partition coefficient (Wildman–Crippen LogP) is 13.9. The van der Waals surface area contributed by atoms with Gasteiger partial charge in [-0.3, -0.25) is 0 Å². The minimum Gasteiger partial charge on any atom is -0.107 e. The number of unbranched alkanes of at least 4 members (excludes halogenated alkanes) is 3. The fourth-order valence-electron chi connectivity index (χ4n) is 3.21. The number of allylic oxidation sites excluding steroid dienone is 6. The van der Waals surface area contributed by atoms with Crippen molar-refractivity contribution in [2.45, 2.75) is 154 Å². The molecule has 0 heteroatoms. The van der Waals surface area contributed by atoms with Gasteiger partial charge in [-0.25, -0.2) is 0 Å². The van der Waals surface area contributed by atoms with Crippen LogP contribution in [-0.4, -0.2) is 0 Å². The maximum absolute atomic E-state index is 2.86. The summed E-state index contributed by atoms with van der Waals surface area (Å²) >= 11 is 0. The van der Waals surface area contributed by atoms with Crippen LogP contribution in [0.15, 0.2) is 60.2 Å². The summed E-state index contributed by atoms with van der Waals surface area (Å²) in [4.78, 5) is 0. The molecule has 2 atom stereocenters. The summed E-state index contributed by atoms with van der Waals surface area (Å²) in [5.41, 5.74) is 4.16. The van der Waals surface area contributed by atoms with E-state index in [2.05, 4.69) is 130 Å². The van der Waals surface area contributed by atoms with Crippen molar-refractivity contribution in [3.63, 3.8) is 0 Å². The first kappa shape index (κ1) is 44.0. The van der Waals surface area contributed by atoms with E-state index in [-0.39, 0.29) is 0 Å². The normalized spacial score (nSPS) is 15.1. The first-order valence-corrected chi connectivity index (χ1v) is 16.1. The van der Waals surface area contributed by atoms with Crippen molar-refractivity contribution in [3.05, 3.63) is 65.8 Å². The highest BCUT2D eigenvalue weighted by Gasteiger charge is 2.29. The van der Waals surface area contributed by atoms with Crippen LogP contribution in [-0.2, 0) is 0 Å². The zero-order chi connectivity index (χ0) is 30.7. The minimum atomic E-state index is 0.983. The van der Waals surface area contributed by atoms with Crippen molar-refractivity contribution in [2.75, 3.05) is 0 Å². The Morgan fingerprint density at radius 3 is 1.59 bits per heavy atom. The Morgan fingerprint density at radius 1 is 0.872 bits per heavy atom. The van der Waals surface area contributed by atoms with E-state index in [4.69, 9.17) is 0 Å². The average Bonchev–Trinajstić information content (AvgIpc) is 3.70. The minimum absolute atomic E-state index is 0.983. The topological polar surface area (TPSA) is 0 Å². The predicted molar refractivity (Wildman–Crippen MR) is 186 cm³/mol. The van der Waals surface area contributed by atoms with Crippen LogP contribution < -0.4 is 0 Å². The molecule has 0 N–H and O–H groups in total. The van der Waals surface area contributed by atoms with Crippen LogP contribution >= 0.6 is 0 Å². The van der Waals surface area contributed by atoms with Gasteiger partial charge in [-0.2, -0.15) is 0 Å². The Balaban J connectivity index is -0.000000195. The molecule has 0 amide bonds. The van der Waals surface area contributed by atoms with E-state index >= 15 is 0 Å². The molecule has 1 fully saturated rings. The number of benzene rings is 1. The standard InChI is InChI=1S/C11H14.2C6H12.C6H14.C5H10.C5H8/c1-3-7-10(2)11-8-5-4-6-9-11;1-3-6-4-5(6)2;1-4-6(3)5-2;1-3-5-6-4-2;2*1-3-5-4-2/h4-9H,3H2,1-2H3;5-6H,3-4H2,1-2H3;4H,5H2,1-3H3;3-6H2,1-2H3;3,5H,4H2,1-2H3;3H2,1-2H3/b10-7-;;6-4+;;5-3+;. The molecule has 1 aromatic carbocycles. The second-order valence-corrected chi connectivity index (χ2v) is 10.00. The number of rotatable bonds is 8. The smallest absolute Gasteiger partial charge is 0.00601 e. The van der Waals surface area contributed by atoms with Crippen LogP contribution in [0.3, 0.4) is 0 Å². The molecule has 1 saturated carbocycles. The molecule has 0 aliphatic heterocycles. The Morgan fingerprint density at radius 2 is 1.41 bits per heavy atom. The fraction of sp³-hybridized carbons (Fsp3) is 0.641. The van der Waals surface area contributed by atoms with E-state index in [1.54, 1.807) is 0 Å². The molecule has 0 spiro atoms. The van der Waals surface area contributed by atoms with Crippen molar-refractivity contribution in [1.82, 2.24) is 0 Å². The van der Waals surface area contributed by atoms with Crippen molar-refractivity contribution < 1.29 is 0 Å². The van der Waals surface area contributed by atoms with E-state index in [1.165, 1.54) is 61.7 Å². The molecule has 226 valence electrons. The van der Waals surface area contributed by atoms with E-state index in [0.29, 0.717) is 0 Å². The largest absolute Gasteiger partial charge is 0.107 e. The molecule has 1 aliphatic carbocycles. The Labute approximate surface area is 248 Å². The van der Waals surface area contributed by atoms with Gasteiger partial charge in [-0.05, 0) is 83.3 Å². The number of hydrogen-bond donors (Lipinski definition) is 0. The summed E-state index contributed by atoms with van der Waals surface area (Å²) in [7, 11) is 0. The van der Waals surface area contributed by atoms with Gasteiger partial charge in [0.2, 0.25) is 0 Å². The third-order valence-electron chi connectivity index (χ3n) is 6.37.